The maximum Gasteiger partial charge on any atom is 0.417 e. The van der Waals surface area contributed by atoms with Gasteiger partial charge in [0.05, 0.1) is 11.3 Å². The van der Waals surface area contributed by atoms with Crippen molar-refractivity contribution in [1.82, 2.24) is 9.71 Å². The van der Waals surface area contributed by atoms with Crippen LogP contribution in [0, 0.1) is 0 Å². The average molecular weight is 549 g/mol. The molecule has 0 radical (unpaired) electrons. The number of sulfonamides is 1. The summed E-state index contributed by atoms with van der Waals surface area (Å²) in [7, 11) is -3.81. The van der Waals surface area contributed by atoms with E-state index in [9.17, 15) is 31.2 Å². The fourth-order valence-corrected chi connectivity index (χ4v) is 3.99. The summed E-state index contributed by atoms with van der Waals surface area (Å²) in [4.78, 5) is 27.0. The smallest absolute Gasteiger partial charge is 0.417 e. The Hall–Kier alpha value is -3.12. The van der Waals surface area contributed by atoms with Crippen molar-refractivity contribution in [3.05, 3.63) is 52.7 Å². The Morgan fingerprint density at radius 3 is 2.53 bits per heavy atom. The molecule has 8 nitrogen and oxygen atoms in total. The number of ether oxygens (including phenoxy) is 2. The minimum atomic E-state index is -4.66. The van der Waals surface area contributed by atoms with Crippen molar-refractivity contribution in [2.24, 2.45) is 0 Å². The van der Waals surface area contributed by atoms with Gasteiger partial charge in [-0.3, -0.25) is 9.59 Å². The summed E-state index contributed by atoms with van der Waals surface area (Å²) in [6.45, 7) is 2.99. The fraction of sp³-hybridized carbons (Fsp3) is 0.348. The molecule has 0 aliphatic rings. The number of benzene rings is 1. The summed E-state index contributed by atoms with van der Waals surface area (Å²) in [6, 6.07) is 4.85. The van der Waals surface area contributed by atoms with Crippen LogP contribution >= 0.6 is 11.6 Å². The molecule has 0 saturated heterocycles. The number of nitrogens with one attached hydrogen (secondary N) is 1. The fourth-order valence-electron chi connectivity index (χ4n) is 2.72. The number of nitrogens with zero attached hydrogens (tertiary/aromatic N) is 1. The van der Waals surface area contributed by atoms with Crippen LogP contribution in [-0.2, 0) is 25.8 Å². The monoisotopic (exact) mass is 548 g/mol. The number of aromatic nitrogens is 1. The molecule has 0 saturated carbocycles. The third-order valence-corrected chi connectivity index (χ3v) is 6.06. The highest BCUT2D eigenvalue weighted by atomic mass is 35.5. The van der Waals surface area contributed by atoms with Gasteiger partial charge in [0, 0.05) is 23.9 Å². The third-order valence-electron chi connectivity index (χ3n) is 4.46. The summed E-state index contributed by atoms with van der Waals surface area (Å²) in [5, 5.41) is -0.425. The zero-order chi connectivity index (χ0) is 26.9. The van der Waals surface area contributed by atoms with Gasteiger partial charge in [-0.05, 0) is 37.6 Å². The molecule has 0 unspecified atom stereocenters. The molecule has 1 aromatic carbocycles. The van der Waals surface area contributed by atoms with Crippen LogP contribution in [0.4, 0.5) is 13.2 Å². The second-order valence-corrected chi connectivity index (χ2v) is 9.88. The van der Waals surface area contributed by atoms with Crippen molar-refractivity contribution in [2.75, 3.05) is 12.4 Å². The van der Waals surface area contributed by atoms with Gasteiger partial charge in [0.25, 0.3) is 5.91 Å². The van der Waals surface area contributed by atoms with Gasteiger partial charge in [-0.15, -0.1) is 0 Å². The molecular weight excluding hydrogens is 525 g/mol. The summed E-state index contributed by atoms with van der Waals surface area (Å²) in [5.74, 6) is -1.56. The summed E-state index contributed by atoms with van der Waals surface area (Å²) < 4.78 is 75.5. The first-order valence-corrected chi connectivity index (χ1v) is 12.7. The molecule has 0 spiro atoms. The highest BCUT2D eigenvalue weighted by Gasteiger charge is 2.32. The van der Waals surface area contributed by atoms with Crippen LogP contribution in [-0.4, -0.2) is 37.5 Å². The van der Waals surface area contributed by atoms with E-state index in [4.69, 9.17) is 21.1 Å². The molecule has 0 bridgehead atoms. The van der Waals surface area contributed by atoms with Crippen LogP contribution < -0.4 is 14.2 Å². The van der Waals surface area contributed by atoms with Gasteiger partial charge in [0.2, 0.25) is 15.9 Å². The SMILES string of the molecule is CCCCCS(=O)(=O)NC(=O)C=Cc1ccc(OCC(C)=O)cc1Oc1ncc(C(F)(F)F)cc1Cl. The molecule has 0 fully saturated rings. The topological polar surface area (TPSA) is 112 Å². The van der Waals surface area contributed by atoms with Crippen LogP contribution in [0.5, 0.6) is 17.4 Å². The number of hydrogen-bond acceptors (Lipinski definition) is 7. The first-order valence-electron chi connectivity index (χ1n) is 10.7. The Kier molecular flexibility index (Phi) is 10.3. The van der Waals surface area contributed by atoms with E-state index < -0.39 is 32.7 Å². The lowest BCUT2D eigenvalue weighted by molar-refractivity contribution is -0.137. The molecule has 0 aliphatic heterocycles. The molecule has 0 aliphatic carbocycles. The number of hydrogen-bond donors (Lipinski definition) is 1. The lowest BCUT2D eigenvalue weighted by Gasteiger charge is -2.13. The molecule has 1 aromatic heterocycles. The number of alkyl halides is 3. The Labute approximate surface area is 211 Å². The van der Waals surface area contributed by atoms with E-state index in [0.29, 0.717) is 25.1 Å². The van der Waals surface area contributed by atoms with Crippen molar-refractivity contribution in [3.63, 3.8) is 0 Å². The van der Waals surface area contributed by atoms with E-state index in [1.807, 2.05) is 11.6 Å². The lowest BCUT2D eigenvalue weighted by Crippen LogP contribution is -2.31. The lowest BCUT2D eigenvalue weighted by atomic mass is 10.1. The number of carbonyl (C=O) groups excluding carboxylic acids is 2. The van der Waals surface area contributed by atoms with Crippen LogP contribution in [0.15, 0.2) is 36.5 Å². The molecule has 2 aromatic rings. The molecule has 36 heavy (non-hydrogen) atoms. The standard InChI is InChI=1S/C23H24ClF3N2O6S/c1-3-4-5-10-36(32,33)29-21(31)9-7-16-6-8-18(34-14-15(2)30)12-20(16)35-22-19(24)11-17(13-28-22)23(25,26)27/h6-9,11-13H,3-5,10,14H2,1-2H3,(H,29,31). The number of carbonyl (C=O) groups is 2. The predicted octanol–water partition coefficient (Wildman–Crippen LogP) is 5.16. The van der Waals surface area contributed by atoms with E-state index in [-0.39, 0.29) is 41.1 Å². The molecule has 1 N–H and O–H groups in total. The van der Waals surface area contributed by atoms with Crippen molar-refractivity contribution in [1.29, 1.82) is 0 Å². The van der Waals surface area contributed by atoms with Crippen LogP contribution in [0.1, 0.15) is 44.2 Å². The van der Waals surface area contributed by atoms with E-state index >= 15 is 0 Å². The molecule has 196 valence electrons. The predicted molar refractivity (Wildman–Crippen MR) is 127 cm³/mol. The zero-order valence-corrected chi connectivity index (χ0v) is 21.0. The van der Waals surface area contributed by atoms with E-state index in [1.54, 1.807) is 0 Å². The molecule has 1 heterocycles. The van der Waals surface area contributed by atoms with Crippen LogP contribution in [0.25, 0.3) is 6.08 Å². The molecule has 1 amide bonds. The maximum absolute atomic E-state index is 12.9. The minimum absolute atomic E-state index is 0.0277. The summed E-state index contributed by atoms with van der Waals surface area (Å²) >= 11 is 5.92. The van der Waals surface area contributed by atoms with Crippen molar-refractivity contribution >= 4 is 39.4 Å². The van der Waals surface area contributed by atoms with Gasteiger partial charge in [0.15, 0.2) is 5.78 Å². The second kappa shape index (κ2) is 12.7. The quantitative estimate of drug-likeness (QED) is 0.288. The number of unbranched alkanes of at least 4 members (excludes halogenated alkanes) is 2. The van der Waals surface area contributed by atoms with Crippen molar-refractivity contribution < 1.29 is 40.7 Å². The van der Waals surface area contributed by atoms with E-state index in [0.717, 1.165) is 12.5 Å². The maximum atomic E-state index is 12.9. The normalized spacial score (nSPS) is 11.9. The number of halogens is 4. The van der Waals surface area contributed by atoms with Gasteiger partial charge >= 0.3 is 6.18 Å². The van der Waals surface area contributed by atoms with Crippen LogP contribution in [0.2, 0.25) is 5.02 Å². The Bertz CT molecular complexity index is 1230. The number of Topliss-reactive ketones (excluding diaryl/α,β-unsaturated/α-hetero) is 1. The van der Waals surface area contributed by atoms with Gasteiger partial charge in [-0.1, -0.05) is 31.4 Å². The molecular formula is C23H24ClF3N2O6S. The van der Waals surface area contributed by atoms with Crippen molar-refractivity contribution in [2.45, 2.75) is 39.3 Å². The molecule has 2 rings (SSSR count). The number of ketones is 1. The third kappa shape index (κ3) is 9.50. The first-order chi connectivity index (χ1) is 16.8. The van der Waals surface area contributed by atoms with Crippen molar-refractivity contribution in [3.8, 4) is 17.4 Å². The van der Waals surface area contributed by atoms with Gasteiger partial charge in [-0.2, -0.15) is 13.2 Å². The van der Waals surface area contributed by atoms with Gasteiger partial charge in [0.1, 0.15) is 23.1 Å². The number of rotatable bonds is 12. The number of amides is 1. The highest BCUT2D eigenvalue weighted by molar-refractivity contribution is 7.90. The first kappa shape index (κ1) is 29.1. The Balaban J connectivity index is 2.30. The zero-order valence-electron chi connectivity index (χ0n) is 19.4. The Morgan fingerprint density at radius 2 is 1.92 bits per heavy atom. The van der Waals surface area contributed by atoms with Crippen LogP contribution in [0.3, 0.4) is 0 Å². The van der Waals surface area contributed by atoms with Gasteiger partial charge in [-0.25, -0.2) is 18.1 Å². The van der Waals surface area contributed by atoms with Gasteiger partial charge < -0.3 is 9.47 Å². The summed E-state index contributed by atoms with van der Waals surface area (Å²) in [5.41, 5.74) is -0.850. The molecule has 13 heteroatoms. The van der Waals surface area contributed by atoms with E-state index in [1.165, 1.54) is 31.2 Å². The molecule has 0 atom stereocenters. The Morgan fingerprint density at radius 1 is 1.19 bits per heavy atom. The highest BCUT2D eigenvalue weighted by Crippen LogP contribution is 2.36. The average Bonchev–Trinajstić information content (AvgIpc) is 2.77. The number of pyridine rings is 1. The second-order valence-electron chi connectivity index (χ2n) is 7.63. The summed E-state index contributed by atoms with van der Waals surface area (Å²) in [6.07, 6.45) is -0.00239. The largest absolute Gasteiger partial charge is 0.486 e. The van der Waals surface area contributed by atoms with E-state index in [2.05, 4.69) is 4.98 Å². The minimum Gasteiger partial charge on any atom is -0.486 e.